The second-order valence-electron chi connectivity index (χ2n) is 5.84. The number of benzene rings is 1. The van der Waals surface area contributed by atoms with Crippen LogP contribution in [0.4, 0.5) is 13.2 Å². The van der Waals surface area contributed by atoms with Crippen LogP contribution in [0.2, 0.25) is 0 Å². The van der Waals surface area contributed by atoms with Gasteiger partial charge in [0.25, 0.3) is 0 Å². The van der Waals surface area contributed by atoms with Crippen LogP contribution < -0.4 is 10.2 Å². The third kappa shape index (κ3) is 3.35. The van der Waals surface area contributed by atoms with Gasteiger partial charge >= 0.3 is 6.18 Å². The van der Waals surface area contributed by atoms with Gasteiger partial charge in [-0.25, -0.2) is 0 Å². The van der Waals surface area contributed by atoms with Crippen LogP contribution in [0.25, 0.3) is 0 Å². The molecule has 0 saturated carbocycles. The van der Waals surface area contributed by atoms with Gasteiger partial charge in [-0.1, -0.05) is 12.1 Å². The average Bonchev–Trinajstić information content (AvgIpc) is 2.64. The molecule has 1 N–H and O–H groups in total. The van der Waals surface area contributed by atoms with Crippen LogP contribution in [0.3, 0.4) is 0 Å². The lowest BCUT2D eigenvalue weighted by atomic mass is 9.97. The molecule has 7 heteroatoms. The molecule has 0 radical (unpaired) electrons. The van der Waals surface area contributed by atoms with Crippen LogP contribution >= 0.6 is 0 Å². The van der Waals surface area contributed by atoms with Crippen molar-refractivity contribution in [2.24, 2.45) is 0 Å². The minimum atomic E-state index is -4.51. The number of carbonyl (C=O) groups is 1. The summed E-state index contributed by atoms with van der Waals surface area (Å²) in [4.78, 5) is 11.5. The van der Waals surface area contributed by atoms with Crippen molar-refractivity contribution in [2.45, 2.75) is 44.9 Å². The minimum Gasteiger partial charge on any atom is -0.494 e. The molecule has 1 aromatic carbocycles. The predicted octanol–water partition coefficient (Wildman–Crippen LogP) is 3.20. The summed E-state index contributed by atoms with van der Waals surface area (Å²) in [5.41, 5.74) is 1.47. The van der Waals surface area contributed by atoms with Crippen LogP contribution in [0.5, 0.6) is 5.75 Å². The Morgan fingerprint density at radius 3 is 2.32 bits per heavy atom. The van der Waals surface area contributed by atoms with Crippen LogP contribution in [0.1, 0.15) is 38.8 Å². The van der Waals surface area contributed by atoms with Gasteiger partial charge in [0.05, 0.1) is 6.61 Å². The Balaban J connectivity index is 2.37. The van der Waals surface area contributed by atoms with Gasteiger partial charge in [-0.05, 0) is 38.5 Å². The second kappa shape index (κ2) is 5.79. The molecule has 1 heterocycles. The van der Waals surface area contributed by atoms with Crippen LogP contribution in [0, 0.1) is 0 Å². The highest BCUT2D eigenvalue weighted by atomic mass is 19.4. The van der Waals surface area contributed by atoms with E-state index in [0.717, 1.165) is 5.01 Å². The summed E-state index contributed by atoms with van der Waals surface area (Å²) in [5.74, 6) is 0.0991. The maximum Gasteiger partial charge on any atom is 0.409 e. The van der Waals surface area contributed by atoms with E-state index in [2.05, 4.69) is 5.43 Å². The molecule has 22 heavy (non-hydrogen) atoms. The van der Waals surface area contributed by atoms with Crippen molar-refractivity contribution >= 4 is 5.91 Å². The van der Waals surface area contributed by atoms with Crippen molar-refractivity contribution in [1.82, 2.24) is 10.4 Å². The van der Waals surface area contributed by atoms with Crippen LogP contribution in [-0.4, -0.2) is 29.2 Å². The third-order valence-electron chi connectivity index (χ3n) is 3.57. The maximum atomic E-state index is 13.6. The molecule has 1 aliphatic heterocycles. The number of hydrazine groups is 1. The van der Waals surface area contributed by atoms with Gasteiger partial charge < -0.3 is 4.74 Å². The largest absolute Gasteiger partial charge is 0.494 e. The van der Waals surface area contributed by atoms with Crippen molar-refractivity contribution in [3.63, 3.8) is 0 Å². The van der Waals surface area contributed by atoms with E-state index in [0.29, 0.717) is 12.4 Å². The van der Waals surface area contributed by atoms with E-state index in [1.807, 2.05) is 0 Å². The fourth-order valence-corrected chi connectivity index (χ4v) is 2.61. The summed E-state index contributed by atoms with van der Waals surface area (Å²) in [6, 6.07) is 3.86. The molecule has 0 aliphatic carbocycles. The van der Waals surface area contributed by atoms with Gasteiger partial charge in [0.2, 0.25) is 5.91 Å². The first-order chi connectivity index (χ1) is 10.1. The summed E-state index contributed by atoms with van der Waals surface area (Å²) in [5, 5.41) is 0.991. The van der Waals surface area contributed by atoms with Crippen molar-refractivity contribution < 1.29 is 22.7 Å². The lowest BCUT2D eigenvalue weighted by Gasteiger charge is -2.37. The van der Waals surface area contributed by atoms with Gasteiger partial charge in [0, 0.05) is 12.0 Å². The van der Waals surface area contributed by atoms with E-state index < -0.39 is 23.7 Å². The molecule has 4 nitrogen and oxygen atoms in total. The molecule has 0 aromatic heterocycles. The summed E-state index contributed by atoms with van der Waals surface area (Å²) in [6.45, 7) is 5.46. The summed E-state index contributed by atoms with van der Waals surface area (Å²) >= 11 is 0. The highest BCUT2D eigenvalue weighted by Crippen LogP contribution is 2.42. The van der Waals surface area contributed by atoms with E-state index in [-0.39, 0.29) is 12.0 Å². The lowest BCUT2D eigenvalue weighted by Crippen LogP contribution is -2.51. The fraction of sp³-hybridized carbons (Fsp3) is 0.533. The zero-order valence-corrected chi connectivity index (χ0v) is 12.7. The molecule has 122 valence electrons. The Morgan fingerprint density at radius 2 is 1.91 bits per heavy atom. The van der Waals surface area contributed by atoms with Crippen LogP contribution in [0.15, 0.2) is 24.3 Å². The number of nitrogens with one attached hydrogen (secondary N) is 1. The van der Waals surface area contributed by atoms with Crippen molar-refractivity contribution in [1.29, 1.82) is 0 Å². The monoisotopic (exact) mass is 316 g/mol. The first-order valence-corrected chi connectivity index (χ1v) is 7.03. The molecule has 1 atom stereocenters. The number of amides is 1. The number of hydrogen-bond acceptors (Lipinski definition) is 3. The highest BCUT2D eigenvalue weighted by molar-refractivity contribution is 5.79. The fourth-order valence-electron chi connectivity index (χ4n) is 2.61. The molecule has 1 fully saturated rings. The Bertz CT molecular complexity index is 541. The van der Waals surface area contributed by atoms with Crippen LogP contribution in [-0.2, 0) is 4.79 Å². The van der Waals surface area contributed by atoms with Gasteiger partial charge in [0.1, 0.15) is 5.75 Å². The van der Waals surface area contributed by atoms with E-state index in [9.17, 15) is 18.0 Å². The Morgan fingerprint density at radius 1 is 1.32 bits per heavy atom. The Labute approximate surface area is 127 Å². The first kappa shape index (κ1) is 16.6. The summed E-state index contributed by atoms with van der Waals surface area (Å²) in [7, 11) is 0. The zero-order valence-electron chi connectivity index (χ0n) is 12.7. The molecule has 0 unspecified atom stereocenters. The van der Waals surface area contributed by atoms with Gasteiger partial charge in [-0.2, -0.15) is 18.2 Å². The second-order valence-corrected chi connectivity index (χ2v) is 5.84. The lowest BCUT2D eigenvalue weighted by molar-refractivity contribution is -0.203. The Hall–Kier alpha value is -1.76. The maximum absolute atomic E-state index is 13.6. The Kier molecular flexibility index (Phi) is 4.37. The predicted molar refractivity (Wildman–Crippen MR) is 75.1 cm³/mol. The first-order valence-electron chi connectivity index (χ1n) is 7.03. The van der Waals surface area contributed by atoms with E-state index in [4.69, 9.17) is 4.74 Å². The molecule has 0 bridgehead atoms. The zero-order chi connectivity index (χ0) is 16.5. The van der Waals surface area contributed by atoms with Gasteiger partial charge in [-0.3, -0.25) is 10.2 Å². The number of halogens is 3. The molecule has 0 spiro atoms. The summed E-state index contributed by atoms with van der Waals surface area (Å²) < 4.78 is 45.9. The summed E-state index contributed by atoms with van der Waals surface area (Å²) in [6.07, 6.45) is -4.49. The smallest absolute Gasteiger partial charge is 0.409 e. The quantitative estimate of drug-likeness (QED) is 0.927. The topological polar surface area (TPSA) is 41.6 Å². The normalized spacial score (nSPS) is 19.8. The van der Waals surface area contributed by atoms with Crippen molar-refractivity contribution in [2.75, 3.05) is 6.61 Å². The molecular weight excluding hydrogens is 297 g/mol. The molecule has 2 rings (SSSR count). The average molecular weight is 316 g/mol. The highest BCUT2D eigenvalue weighted by Gasteiger charge is 2.52. The molecule has 1 amide bonds. The minimum absolute atomic E-state index is 0.0244. The van der Waals surface area contributed by atoms with Gasteiger partial charge in [-0.15, -0.1) is 0 Å². The molecule has 1 aliphatic rings. The number of carbonyl (C=O) groups excluding carboxylic acids is 1. The van der Waals surface area contributed by atoms with E-state index in [1.54, 1.807) is 20.8 Å². The third-order valence-corrected chi connectivity index (χ3v) is 3.57. The molecule has 1 aromatic rings. The standard InChI is InChI=1S/C15H19F3N2O2/c1-4-22-11-7-5-10(6-8-11)13(15(16,17)18)20-14(2,3)9-12(21)19-20/h5-8,13H,4,9H2,1-3H3,(H,19,21)/t13-/m0/s1. The molecule has 1 saturated heterocycles. The molecular formula is C15H19F3N2O2. The number of ether oxygens (including phenoxy) is 1. The number of hydrogen-bond donors (Lipinski definition) is 1. The van der Waals surface area contributed by atoms with Crippen molar-refractivity contribution in [3.8, 4) is 5.75 Å². The van der Waals surface area contributed by atoms with E-state index in [1.165, 1.54) is 24.3 Å². The SMILES string of the molecule is CCOc1ccc([C@H](N2NC(=O)CC2(C)C)C(F)(F)F)cc1. The van der Waals surface area contributed by atoms with Gasteiger partial charge in [0.15, 0.2) is 6.04 Å². The number of alkyl halides is 3. The van der Waals surface area contributed by atoms with Crippen molar-refractivity contribution in [3.05, 3.63) is 29.8 Å². The number of nitrogens with zero attached hydrogens (tertiary/aromatic N) is 1. The van der Waals surface area contributed by atoms with E-state index >= 15 is 0 Å². The number of rotatable bonds is 4.